The first kappa shape index (κ1) is 26.3. The first-order valence-electron chi connectivity index (χ1n) is 14.8. The molecule has 10 atom stereocenters. The molecular formula is C32H50O4. The zero-order valence-electron chi connectivity index (χ0n) is 24.1. The molecule has 4 heteroatoms. The van der Waals surface area contributed by atoms with Gasteiger partial charge in [0, 0.05) is 12.3 Å². The van der Waals surface area contributed by atoms with Gasteiger partial charge in [-0.25, -0.2) is 0 Å². The van der Waals surface area contributed by atoms with E-state index in [2.05, 4.69) is 54.5 Å². The van der Waals surface area contributed by atoms with E-state index in [0.717, 1.165) is 51.4 Å². The Morgan fingerprint density at radius 2 is 1.61 bits per heavy atom. The zero-order valence-corrected chi connectivity index (χ0v) is 24.1. The van der Waals surface area contributed by atoms with Crippen molar-refractivity contribution in [3.05, 3.63) is 11.6 Å². The minimum absolute atomic E-state index is 0.00171. The van der Waals surface area contributed by atoms with Crippen molar-refractivity contribution in [3.8, 4) is 0 Å². The number of esters is 1. The van der Waals surface area contributed by atoms with Gasteiger partial charge in [-0.1, -0.05) is 60.1 Å². The molecule has 0 unspecified atom stereocenters. The van der Waals surface area contributed by atoms with Crippen molar-refractivity contribution in [1.82, 2.24) is 0 Å². The lowest BCUT2D eigenvalue weighted by atomic mass is 9.33. The summed E-state index contributed by atoms with van der Waals surface area (Å²) in [5.41, 5.74) is 1.30. The van der Waals surface area contributed by atoms with E-state index in [-0.39, 0.29) is 39.7 Å². The van der Waals surface area contributed by atoms with Gasteiger partial charge >= 0.3 is 11.9 Å². The minimum Gasteiger partial charge on any atom is -0.481 e. The molecule has 4 nitrogen and oxygen atoms in total. The van der Waals surface area contributed by atoms with Gasteiger partial charge in [-0.2, -0.15) is 0 Å². The second-order valence-electron chi connectivity index (χ2n) is 15.1. The monoisotopic (exact) mass is 498 g/mol. The van der Waals surface area contributed by atoms with Crippen LogP contribution in [0.15, 0.2) is 11.6 Å². The molecule has 0 saturated heterocycles. The van der Waals surface area contributed by atoms with Crippen molar-refractivity contribution in [2.45, 2.75) is 119 Å². The van der Waals surface area contributed by atoms with Gasteiger partial charge in [-0.15, -0.1) is 0 Å². The van der Waals surface area contributed by atoms with Crippen LogP contribution in [0, 0.1) is 56.7 Å². The summed E-state index contributed by atoms with van der Waals surface area (Å²) in [6.07, 6.45) is 11.7. The lowest BCUT2D eigenvalue weighted by Crippen LogP contribution is -2.65. The summed E-state index contributed by atoms with van der Waals surface area (Å²) in [7, 11) is 0. The highest BCUT2D eigenvalue weighted by Crippen LogP contribution is 2.75. The molecule has 0 bridgehead atoms. The topological polar surface area (TPSA) is 63.6 Å². The number of carbonyl (C=O) groups excluding carboxylic acids is 1. The second-order valence-corrected chi connectivity index (χ2v) is 15.1. The lowest BCUT2D eigenvalue weighted by Gasteiger charge is -2.71. The van der Waals surface area contributed by atoms with Crippen LogP contribution >= 0.6 is 0 Å². The van der Waals surface area contributed by atoms with Crippen molar-refractivity contribution >= 4 is 11.9 Å². The predicted octanol–water partition coefficient (Wildman–Crippen LogP) is 7.66. The molecule has 5 rings (SSSR count). The molecule has 36 heavy (non-hydrogen) atoms. The SMILES string of the molecule is CC(=O)O[C@H]1CC[C@@]2(C)[C@H](CC[C@]3(C)[C@@H]2CC=C2[C@H]4[C@@H](C)[C@H](C)CC[C@]4(C(=O)O)CC[C@]23C)C1(C)C. The number of hydrogen-bond donors (Lipinski definition) is 1. The van der Waals surface area contributed by atoms with E-state index in [1.807, 2.05) is 0 Å². The van der Waals surface area contributed by atoms with Crippen LogP contribution in [-0.2, 0) is 14.3 Å². The summed E-state index contributed by atoms with van der Waals surface area (Å²) in [5.74, 6) is 1.53. The number of rotatable bonds is 2. The van der Waals surface area contributed by atoms with E-state index >= 15 is 0 Å². The van der Waals surface area contributed by atoms with Gasteiger partial charge in [0.15, 0.2) is 0 Å². The predicted molar refractivity (Wildman–Crippen MR) is 142 cm³/mol. The number of carboxylic acid groups (broad SMARTS) is 1. The Labute approximate surface area is 219 Å². The maximum Gasteiger partial charge on any atom is 0.310 e. The molecule has 202 valence electrons. The van der Waals surface area contributed by atoms with E-state index in [0.29, 0.717) is 23.7 Å². The molecule has 0 amide bonds. The Hall–Kier alpha value is -1.32. The fraction of sp³-hybridized carbons (Fsp3) is 0.875. The minimum atomic E-state index is -0.578. The fourth-order valence-corrected chi connectivity index (χ4v) is 11.2. The average molecular weight is 499 g/mol. The number of hydrogen-bond acceptors (Lipinski definition) is 3. The van der Waals surface area contributed by atoms with Crippen LogP contribution in [0.25, 0.3) is 0 Å². The normalized spacial score (nSPS) is 51.5. The molecular weight excluding hydrogens is 448 g/mol. The summed E-state index contributed by atoms with van der Waals surface area (Å²) in [4.78, 5) is 24.7. The molecule has 0 heterocycles. The van der Waals surface area contributed by atoms with E-state index in [1.54, 1.807) is 6.92 Å². The number of carbonyl (C=O) groups is 2. The van der Waals surface area contributed by atoms with E-state index in [4.69, 9.17) is 4.74 Å². The maximum absolute atomic E-state index is 12.9. The van der Waals surface area contributed by atoms with Gasteiger partial charge in [0.2, 0.25) is 0 Å². The van der Waals surface area contributed by atoms with Crippen molar-refractivity contribution in [1.29, 1.82) is 0 Å². The first-order valence-corrected chi connectivity index (χ1v) is 14.8. The average Bonchev–Trinajstić information content (AvgIpc) is 2.78. The van der Waals surface area contributed by atoms with Crippen LogP contribution in [0.3, 0.4) is 0 Å². The highest BCUT2D eigenvalue weighted by atomic mass is 16.5. The summed E-state index contributed by atoms with van der Waals surface area (Å²) in [6.45, 7) is 18.5. The van der Waals surface area contributed by atoms with Crippen molar-refractivity contribution in [2.24, 2.45) is 56.7 Å². The van der Waals surface area contributed by atoms with E-state index in [1.165, 1.54) is 12.0 Å². The second kappa shape index (κ2) is 8.09. The summed E-state index contributed by atoms with van der Waals surface area (Å²) < 4.78 is 5.88. The molecule has 5 aliphatic carbocycles. The summed E-state index contributed by atoms with van der Waals surface area (Å²) >= 11 is 0. The maximum atomic E-state index is 12.9. The third kappa shape index (κ3) is 3.17. The van der Waals surface area contributed by atoms with Crippen LogP contribution in [0.4, 0.5) is 0 Å². The van der Waals surface area contributed by atoms with Gasteiger partial charge in [0.1, 0.15) is 6.10 Å². The van der Waals surface area contributed by atoms with Gasteiger partial charge in [-0.3, -0.25) is 9.59 Å². The summed E-state index contributed by atoms with van der Waals surface area (Å²) in [5, 5.41) is 10.6. The van der Waals surface area contributed by atoms with Crippen LogP contribution in [0.1, 0.15) is 113 Å². The summed E-state index contributed by atoms with van der Waals surface area (Å²) in [6, 6.07) is 0. The van der Waals surface area contributed by atoms with Gasteiger partial charge < -0.3 is 9.84 Å². The fourth-order valence-electron chi connectivity index (χ4n) is 11.2. The molecule has 0 spiro atoms. The van der Waals surface area contributed by atoms with Gasteiger partial charge in [0.25, 0.3) is 0 Å². The highest BCUT2D eigenvalue weighted by Gasteiger charge is 2.69. The third-order valence-electron chi connectivity index (χ3n) is 13.7. The number of aliphatic carboxylic acids is 1. The Kier molecular flexibility index (Phi) is 5.91. The molecule has 0 aromatic rings. The van der Waals surface area contributed by atoms with Crippen LogP contribution < -0.4 is 0 Å². The van der Waals surface area contributed by atoms with Crippen LogP contribution in [0.5, 0.6) is 0 Å². The Balaban J connectivity index is 1.56. The molecule has 4 fully saturated rings. The van der Waals surface area contributed by atoms with E-state index < -0.39 is 11.4 Å². The lowest BCUT2D eigenvalue weighted by molar-refractivity contribution is -0.214. The van der Waals surface area contributed by atoms with Crippen LogP contribution in [-0.4, -0.2) is 23.1 Å². The Morgan fingerprint density at radius 1 is 0.917 bits per heavy atom. The first-order chi connectivity index (χ1) is 16.6. The number of fused-ring (bicyclic) bond motifs is 7. The van der Waals surface area contributed by atoms with Crippen LogP contribution in [0.2, 0.25) is 0 Å². The quantitative estimate of drug-likeness (QED) is 0.313. The van der Waals surface area contributed by atoms with Crippen molar-refractivity contribution < 1.29 is 19.4 Å². The number of allylic oxidation sites excluding steroid dienone is 2. The van der Waals surface area contributed by atoms with Gasteiger partial charge in [0.05, 0.1) is 5.41 Å². The molecule has 0 aromatic heterocycles. The van der Waals surface area contributed by atoms with Crippen molar-refractivity contribution in [2.75, 3.05) is 0 Å². The van der Waals surface area contributed by atoms with Gasteiger partial charge in [-0.05, 0) is 104 Å². The molecule has 0 aliphatic heterocycles. The Bertz CT molecular complexity index is 981. The standard InChI is InChI=1S/C32H50O4/c1-19-11-16-32(27(34)35)18-17-30(7)22(26(32)20(19)2)9-10-24-29(6)14-13-25(36-21(3)33)28(4,5)23(29)12-15-31(24,30)8/h9,19-20,23-26H,10-18H2,1-8H3,(H,34,35)/t19-,20+,23-,24-,25+,26-,29+,30-,31-,32+/m1/s1. The number of carboxylic acids is 1. The molecule has 4 saturated carbocycles. The zero-order chi connectivity index (χ0) is 26.5. The molecule has 5 aliphatic rings. The van der Waals surface area contributed by atoms with Crippen molar-refractivity contribution in [3.63, 3.8) is 0 Å². The molecule has 0 radical (unpaired) electrons. The number of ether oxygens (including phenoxy) is 1. The van der Waals surface area contributed by atoms with E-state index in [9.17, 15) is 14.7 Å². The smallest absolute Gasteiger partial charge is 0.310 e. The highest BCUT2D eigenvalue weighted by molar-refractivity contribution is 5.76. The largest absolute Gasteiger partial charge is 0.481 e. The third-order valence-corrected chi connectivity index (χ3v) is 13.7. The molecule has 0 aromatic carbocycles. The Morgan fingerprint density at radius 3 is 2.25 bits per heavy atom. The molecule has 1 N–H and O–H groups in total.